The summed E-state index contributed by atoms with van der Waals surface area (Å²) in [7, 11) is 3.90. The van der Waals surface area contributed by atoms with Gasteiger partial charge in [0.2, 0.25) is 5.91 Å². The van der Waals surface area contributed by atoms with Gasteiger partial charge >= 0.3 is 0 Å². The molecule has 3 rings (SSSR count). The van der Waals surface area contributed by atoms with Crippen LogP contribution in [0.1, 0.15) is 5.69 Å². The summed E-state index contributed by atoms with van der Waals surface area (Å²) >= 11 is 1.62. The molecular weight excluding hydrogens is 308 g/mol. The molecule has 0 bridgehead atoms. The van der Waals surface area contributed by atoms with Crippen molar-refractivity contribution in [1.29, 1.82) is 0 Å². The minimum Gasteiger partial charge on any atom is -0.338 e. The molecule has 0 saturated carbocycles. The predicted octanol–water partition coefficient (Wildman–Crippen LogP) is 1.67. The Kier molecular flexibility index (Phi) is 5.05. The van der Waals surface area contributed by atoms with Gasteiger partial charge in [-0.3, -0.25) is 4.79 Å². The summed E-state index contributed by atoms with van der Waals surface area (Å²) in [4.78, 5) is 21.1. The van der Waals surface area contributed by atoms with E-state index in [1.165, 1.54) is 0 Å². The van der Waals surface area contributed by atoms with Crippen LogP contribution in [-0.4, -0.2) is 60.5 Å². The van der Waals surface area contributed by atoms with Crippen molar-refractivity contribution >= 4 is 17.2 Å². The number of rotatable bonds is 4. The highest BCUT2D eigenvalue weighted by atomic mass is 32.1. The van der Waals surface area contributed by atoms with E-state index < -0.39 is 0 Å². The van der Waals surface area contributed by atoms with Crippen LogP contribution in [0.25, 0.3) is 10.6 Å². The van der Waals surface area contributed by atoms with Gasteiger partial charge in [0, 0.05) is 37.6 Å². The van der Waals surface area contributed by atoms with Crippen molar-refractivity contribution in [3.8, 4) is 10.6 Å². The number of thiazole rings is 1. The standard InChI is InChI=1S/C17H22N4OS/c1-20-9-8-18-15(11-20)17(22)21(2)10-14-12-23-16(19-14)13-6-4-3-5-7-13/h3-7,12,15,18H,8-11H2,1-2H3. The van der Waals surface area contributed by atoms with E-state index >= 15 is 0 Å². The number of hydrogen-bond donors (Lipinski definition) is 1. The molecule has 6 heteroatoms. The Balaban J connectivity index is 1.63. The van der Waals surface area contributed by atoms with Crippen LogP contribution >= 0.6 is 11.3 Å². The molecule has 1 amide bonds. The van der Waals surface area contributed by atoms with Crippen molar-refractivity contribution in [3.05, 3.63) is 41.4 Å². The second kappa shape index (κ2) is 7.21. The SMILES string of the molecule is CN1CCNC(C(=O)N(C)Cc2csc(-c3ccccc3)n2)C1. The maximum atomic E-state index is 12.5. The second-order valence-corrected chi connectivity index (χ2v) is 6.83. The summed E-state index contributed by atoms with van der Waals surface area (Å²) in [6, 6.07) is 10.0. The summed E-state index contributed by atoms with van der Waals surface area (Å²) < 4.78 is 0. The number of nitrogens with one attached hydrogen (secondary N) is 1. The van der Waals surface area contributed by atoms with Gasteiger partial charge in [0.15, 0.2) is 0 Å². The highest BCUT2D eigenvalue weighted by Gasteiger charge is 2.26. The molecule has 0 radical (unpaired) electrons. The Bertz CT molecular complexity index is 658. The van der Waals surface area contributed by atoms with Crippen LogP contribution in [0.3, 0.4) is 0 Å². The zero-order chi connectivity index (χ0) is 16.2. The molecule has 1 aliphatic heterocycles. The number of amides is 1. The Hall–Kier alpha value is -1.76. The number of carbonyl (C=O) groups excluding carboxylic acids is 1. The summed E-state index contributed by atoms with van der Waals surface area (Å²) in [5.41, 5.74) is 2.06. The Morgan fingerprint density at radius 3 is 2.96 bits per heavy atom. The number of piperazine rings is 1. The lowest BCUT2D eigenvalue weighted by Gasteiger charge is -2.32. The van der Waals surface area contributed by atoms with E-state index in [9.17, 15) is 4.79 Å². The highest BCUT2D eigenvalue weighted by molar-refractivity contribution is 7.13. The van der Waals surface area contributed by atoms with Gasteiger partial charge in [-0.05, 0) is 7.05 Å². The molecule has 1 aliphatic rings. The molecule has 1 N–H and O–H groups in total. The number of carbonyl (C=O) groups is 1. The van der Waals surface area contributed by atoms with Gasteiger partial charge in [0.25, 0.3) is 0 Å². The zero-order valence-electron chi connectivity index (χ0n) is 13.5. The first-order chi connectivity index (χ1) is 11.1. The van der Waals surface area contributed by atoms with Crippen molar-refractivity contribution < 1.29 is 4.79 Å². The summed E-state index contributed by atoms with van der Waals surface area (Å²) in [6.45, 7) is 3.15. The molecular formula is C17H22N4OS. The van der Waals surface area contributed by atoms with Crippen LogP contribution in [0, 0.1) is 0 Å². The molecule has 1 atom stereocenters. The number of hydrogen-bond acceptors (Lipinski definition) is 5. The van der Waals surface area contributed by atoms with Crippen molar-refractivity contribution in [2.45, 2.75) is 12.6 Å². The van der Waals surface area contributed by atoms with Crippen LogP contribution in [0.15, 0.2) is 35.7 Å². The third-order valence-electron chi connectivity index (χ3n) is 4.02. The lowest BCUT2D eigenvalue weighted by atomic mass is 10.2. The van der Waals surface area contributed by atoms with E-state index in [-0.39, 0.29) is 11.9 Å². The average molecular weight is 330 g/mol. The van der Waals surface area contributed by atoms with Gasteiger partial charge < -0.3 is 15.1 Å². The zero-order valence-corrected chi connectivity index (χ0v) is 14.3. The van der Waals surface area contributed by atoms with E-state index in [2.05, 4.69) is 27.3 Å². The van der Waals surface area contributed by atoms with Crippen LogP contribution in [0.5, 0.6) is 0 Å². The maximum Gasteiger partial charge on any atom is 0.241 e. The first kappa shape index (κ1) is 16.1. The summed E-state index contributed by atoms with van der Waals surface area (Å²) in [5.74, 6) is 0.130. The number of benzene rings is 1. The first-order valence-electron chi connectivity index (χ1n) is 7.80. The van der Waals surface area contributed by atoms with Crippen LogP contribution in [0.2, 0.25) is 0 Å². The Labute approximate surface area is 140 Å². The largest absolute Gasteiger partial charge is 0.338 e. The molecule has 1 saturated heterocycles. The molecule has 0 aliphatic carbocycles. The van der Waals surface area contributed by atoms with Crippen molar-refractivity contribution in [2.24, 2.45) is 0 Å². The number of aromatic nitrogens is 1. The normalized spacial score (nSPS) is 18.8. The fourth-order valence-electron chi connectivity index (χ4n) is 2.74. The van der Waals surface area contributed by atoms with E-state index in [4.69, 9.17) is 0 Å². The summed E-state index contributed by atoms with van der Waals surface area (Å²) in [6.07, 6.45) is 0. The van der Waals surface area contributed by atoms with Crippen molar-refractivity contribution in [2.75, 3.05) is 33.7 Å². The maximum absolute atomic E-state index is 12.5. The fourth-order valence-corrected chi connectivity index (χ4v) is 3.56. The third-order valence-corrected chi connectivity index (χ3v) is 4.96. The Morgan fingerprint density at radius 2 is 2.22 bits per heavy atom. The van der Waals surface area contributed by atoms with Crippen LogP contribution in [-0.2, 0) is 11.3 Å². The lowest BCUT2D eigenvalue weighted by molar-refractivity contribution is -0.133. The quantitative estimate of drug-likeness (QED) is 0.926. The molecule has 23 heavy (non-hydrogen) atoms. The Morgan fingerprint density at radius 1 is 1.43 bits per heavy atom. The lowest BCUT2D eigenvalue weighted by Crippen LogP contribution is -2.56. The van der Waals surface area contributed by atoms with Gasteiger partial charge in [-0.1, -0.05) is 30.3 Å². The smallest absolute Gasteiger partial charge is 0.241 e. The predicted molar refractivity (Wildman–Crippen MR) is 93.3 cm³/mol. The van der Waals surface area contributed by atoms with Crippen LogP contribution < -0.4 is 5.32 Å². The second-order valence-electron chi connectivity index (χ2n) is 5.97. The molecule has 1 unspecified atom stereocenters. The van der Waals surface area contributed by atoms with E-state index in [1.54, 1.807) is 16.2 Å². The monoisotopic (exact) mass is 330 g/mol. The number of nitrogens with zero attached hydrogens (tertiary/aromatic N) is 3. The van der Waals surface area contributed by atoms with Gasteiger partial charge in [-0.15, -0.1) is 11.3 Å². The molecule has 1 aromatic carbocycles. The van der Waals surface area contributed by atoms with Crippen molar-refractivity contribution in [1.82, 2.24) is 20.1 Å². The van der Waals surface area contributed by atoms with Crippen LogP contribution in [0.4, 0.5) is 0 Å². The first-order valence-corrected chi connectivity index (χ1v) is 8.68. The molecule has 1 aromatic heterocycles. The molecule has 122 valence electrons. The van der Waals surface area contributed by atoms with Gasteiger partial charge in [0.05, 0.1) is 18.3 Å². The molecule has 1 fully saturated rings. The fraction of sp³-hybridized carbons (Fsp3) is 0.412. The van der Waals surface area contributed by atoms with E-state index in [0.29, 0.717) is 6.54 Å². The van der Waals surface area contributed by atoms with Crippen molar-refractivity contribution in [3.63, 3.8) is 0 Å². The third kappa shape index (κ3) is 3.96. The molecule has 5 nitrogen and oxygen atoms in total. The van der Waals surface area contributed by atoms with E-state index in [0.717, 1.165) is 35.9 Å². The minimum absolute atomic E-state index is 0.119. The van der Waals surface area contributed by atoms with Gasteiger partial charge in [0.1, 0.15) is 5.01 Å². The molecule has 2 heterocycles. The molecule has 0 spiro atoms. The van der Waals surface area contributed by atoms with Gasteiger partial charge in [-0.2, -0.15) is 0 Å². The topological polar surface area (TPSA) is 48.5 Å². The number of likely N-dealkylation sites (N-methyl/N-ethyl adjacent to an activating group) is 2. The average Bonchev–Trinajstić information content (AvgIpc) is 3.03. The summed E-state index contributed by atoms with van der Waals surface area (Å²) in [5, 5.41) is 6.33. The van der Waals surface area contributed by atoms with Gasteiger partial charge in [-0.25, -0.2) is 4.98 Å². The van der Waals surface area contributed by atoms with E-state index in [1.807, 2.05) is 37.7 Å². The highest BCUT2D eigenvalue weighted by Crippen LogP contribution is 2.23. The minimum atomic E-state index is -0.119. The molecule has 2 aromatic rings.